The number of anilines is 3. The maximum Gasteiger partial charge on any atom is 0.457 e. The molecule has 0 spiro atoms. The molecule has 3 N–H and O–H groups in total. The normalized spacial score (nSPS) is 17.8. The van der Waals surface area contributed by atoms with Gasteiger partial charge in [0.1, 0.15) is 15.8 Å². The molecule has 258 valence electrons. The predicted octanol–water partition coefficient (Wildman–Crippen LogP) is 9.46. The van der Waals surface area contributed by atoms with Crippen LogP contribution < -0.4 is 16.0 Å². The topological polar surface area (TPSA) is 87.3 Å². The van der Waals surface area contributed by atoms with E-state index in [0.29, 0.717) is 12.1 Å². The van der Waals surface area contributed by atoms with Crippen LogP contribution in [-0.2, 0) is 9.59 Å². The number of carbonyl (C=O) groups excluding carboxylic acids is 3. The van der Waals surface area contributed by atoms with Gasteiger partial charge in [-0.2, -0.15) is 22.0 Å². The van der Waals surface area contributed by atoms with Crippen LogP contribution in [0.4, 0.5) is 61.0 Å². The summed E-state index contributed by atoms with van der Waals surface area (Å²) < 4.78 is 134. The molecule has 0 aliphatic heterocycles. The molecule has 3 aromatic carbocycles. The van der Waals surface area contributed by atoms with E-state index < -0.39 is 98.1 Å². The second-order valence-electron chi connectivity index (χ2n) is 9.95. The van der Waals surface area contributed by atoms with E-state index in [1.807, 2.05) is 0 Å². The maximum atomic E-state index is 14.9. The number of nitrogens with one attached hydrogen (secondary N) is 3. The number of amides is 3. The standard InChI is InChI=1S/C27H12Cl5F10N3O3/c28-10-3-7(4-11(29)17(10)30)15-16(25(15,31)32)23(47)43-8-5-9(18(35)13(34)6-8)22(46)45-20-12(33)1-2-14(19(20)36)44-24(48)21(37)26(38,39)27(40,41)42/h1-6,15-16,21H,(H,43,47)(H,44,48)(H,45,46)/t15-,16?,21?/m0/s1. The Morgan fingerprint density at radius 1 is 0.792 bits per heavy atom. The number of alkyl halides is 8. The summed E-state index contributed by atoms with van der Waals surface area (Å²) >= 11 is 30.4. The van der Waals surface area contributed by atoms with Crippen LogP contribution in [0.15, 0.2) is 36.4 Å². The van der Waals surface area contributed by atoms with Crippen molar-refractivity contribution >= 4 is 92.8 Å². The fraction of sp³-hybridized carbons (Fsp3) is 0.222. The van der Waals surface area contributed by atoms with Crippen molar-refractivity contribution in [3.63, 3.8) is 0 Å². The average molecular weight is 794 g/mol. The van der Waals surface area contributed by atoms with Gasteiger partial charge >= 0.3 is 12.1 Å². The SMILES string of the molecule is O=C(Nc1c(F)ccc(NC(=O)C(F)C(F)(F)C(F)(F)F)c1F)c1cc(NC(=O)C2[C@H](c3cc(Cl)c(Cl)c(Cl)c3)C2(Cl)Cl)cc(F)c1F. The minimum atomic E-state index is -6.52. The molecule has 0 saturated heterocycles. The molecule has 1 fully saturated rings. The van der Waals surface area contributed by atoms with E-state index in [1.165, 1.54) is 17.4 Å². The van der Waals surface area contributed by atoms with Crippen molar-refractivity contribution in [2.45, 2.75) is 28.5 Å². The molecule has 1 saturated carbocycles. The summed E-state index contributed by atoms with van der Waals surface area (Å²) in [5.74, 6) is -21.3. The molecule has 48 heavy (non-hydrogen) atoms. The van der Waals surface area contributed by atoms with Gasteiger partial charge in [-0.25, -0.2) is 22.0 Å². The number of benzene rings is 3. The zero-order chi connectivity index (χ0) is 36.3. The number of hydrogen-bond donors (Lipinski definition) is 3. The van der Waals surface area contributed by atoms with Crippen LogP contribution in [0.5, 0.6) is 0 Å². The van der Waals surface area contributed by atoms with Crippen molar-refractivity contribution in [3.8, 4) is 0 Å². The Labute approximate surface area is 286 Å². The van der Waals surface area contributed by atoms with Gasteiger partial charge in [0.05, 0.1) is 32.2 Å². The van der Waals surface area contributed by atoms with Gasteiger partial charge in [0, 0.05) is 17.7 Å². The molecule has 0 radical (unpaired) electrons. The lowest BCUT2D eigenvalue weighted by molar-refractivity contribution is -0.298. The first-order valence-corrected chi connectivity index (χ1v) is 14.4. The summed E-state index contributed by atoms with van der Waals surface area (Å²) in [6.45, 7) is 0. The Kier molecular flexibility index (Phi) is 10.4. The molecule has 3 amide bonds. The first-order valence-electron chi connectivity index (χ1n) is 12.5. The van der Waals surface area contributed by atoms with Crippen molar-refractivity contribution in [1.82, 2.24) is 0 Å². The Morgan fingerprint density at radius 3 is 1.94 bits per heavy atom. The van der Waals surface area contributed by atoms with E-state index in [-0.39, 0.29) is 32.8 Å². The van der Waals surface area contributed by atoms with Crippen molar-refractivity contribution in [1.29, 1.82) is 0 Å². The van der Waals surface area contributed by atoms with Crippen LogP contribution in [0, 0.1) is 29.2 Å². The first-order chi connectivity index (χ1) is 22.0. The van der Waals surface area contributed by atoms with E-state index in [9.17, 15) is 58.3 Å². The lowest BCUT2D eigenvalue weighted by Gasteiger charge is -2.22. The number of carbonyl (C=O) groups is 3. The quantitative estimate of drug-likeness (QED) is 0.121. The summed E-state index contributed by atoms with van der Waals surface area (Å²) in [5.41, 5.74) is -4.53. The minimum Gasteiger partial charge on any atom is -0.326 e. The van der Waals surface area contributed by atoms with Gasteiger partial charge in [-0.05, 0) is 35.9 Å². The molecule has 0 bridgehead atoms. The van der Waals surface area contributed by atoms with Gasteiger partial charge in [-0.3, -0.25) is 14.4 Å². The van der Waals surface area contributed by atoms with Crippen LogP contribution in [0.1, 0.15) is 21.8 Å². The molecule has 0 aromatic heterocycles. The van der Waals surface area contributed by atoms with Gasteiger partial charge in [0.2, 0.25) is 5.91 Å². The Morgan fingerprint density at radius 2 is 1.38 bits per heavy atom. The van der Waals surface area contributed by atoms with E-state index in [4.69, 9.17) is 58.0 Å². The molecular formula is C27H12Cl5F10N3O3. The van der Waals surface area contributed by atoms with E-state index in [2.05, 4.69) is 5.32 Å². The Bertz CT molecular complexity index is 1820. The zero-order valence-corrected chi connectivity index (χ0v) is 26.4. The second kappa shape index (κ2) is 13.3. The Hall–Kier alpha value is -3.18. The number of halogens is 15. The lowest BCUT2D eigenvalue weighted by atomic mass is 10.1. The largest absolute Gasteiger partial charge is 0.457 e. The van der Waals surface area contributed by atoms with Crippen LogP contribution in [0.2, 0.25) is 15.1 Å². The average Bonchev–Trinajstić information content (AvgIpc) is 3.57. The highest BCUT2D eigenvalue weighted by Gasteiger charge is 2.68. The van der Waals surface area contributed by atoms with Crippen molar-refractivity contribution in [2.75, 3.05) is 16.0 Å². The maximum absolute atomic E-state index is 14.9. The highest BCUT2D eigenvalue weighted by molar-refractivity contribution is 6.54. The third kappa shape index (κ3) is 7.08. The van der Waals surface area contributed by atoms with Gasteiger partial charge < -0.3 is 16.0 Å². The van der Waals surface area contributed by atoms with Gasteiger partial charge in [0.15, 0.2) is 17.5 Å². The molecular weight excluding hydrogens is 782 g/mol. The number of hydrogen-bond acceptors (Lipinski definition) is 3. The molecule has 2 unspecified atom stereocenters. The lowest BCUT2D eigenvalue weighted by Crippen LogP contribution is -2.50. The summed E-state index contributed by atoms with van der Waals surface area (Å²) in [4.78, 5) is 37.4. The van der Waals surface area contributed by atoms with Crippen LogP contribution in [0.3, 0.4) is 0 Å². The van der Waals surface area contributed by atoms with Crippen LogP contribution in [-0.4, -0.2) is 40.3 Å². The molecule has 3 aromatic rings. The highest BCUT2D eigenvalue weighted by atomic mass is 35.5. The fourth-order valence-corrected chi connectivity index (χ4v) is 5.76. The first kappa shape index (κ1) is 37.6. The van der Waals surface area contributed by atoms with Gasteiger partial charge in [-0.15, -0.1) is 23.2 Å². The Balaban J connectivity index is 1.55. The summed E-state index contributed by atoms with van der Waals surface area (Å²) in [7, 11) is 0. The highest BCUT2D eigenvalue weighted by Crippen LogP contribution is 2.65. The van der Waals surface area contributed by atoms with Crippen molar-refractivity contribution < 1.29 is 58.3 Å². The van der Waals surface area contributed by atoms with E-state index in [0.717, 1.165) is 5.32 Å². The molecule has 21 heteroatoms. The monoisotopic (exact) mass is 791 g/mol. The predicted molar refractivity (Wildman–Crippen MR) is 156 cm³/mol. The van der Waals surface area contributed by atoms with Gasteiger partial charge in [0.25, 0.3) is 18.0 Å². The molecule has 6 nitrogen and oxygen atoms in total. The van der Waals surface area contributed by atoms with Crippen LogP contribution in [0.25, 0.3) is 0 Å². The van der Waals surface area contributed by atoms with E-state index >= 15 is 0 Å². The molecule has 3 atom stereocenters. The van der Waals surface area contributed by atoms with Gasteiger partial charge in [-0.1, -0.05) is 34.8 Å². The van der Waals surface area contributed by atoms with E-state index in [1.54, 1.807) is 0 Å². The third-order valence-corrected chi connectivity index (χ3v) is 8.89. The summed E-state index contributed by atoms with van der Waals surface area (Å²) in [6.07, 6.45) is -11.1. The minimum absolute atomic E-state index is 0.000943. The fourth-order valence-electron chi connectivity index (χ4n) is 4.32. The molecule has 4 rings (SSSR count). The summed E-state index contributed by atoms with van der Waals surface area (Å²) in [6, 6.07) is 4.15. The second-order valence-corrected chi connectivity index (χ2v) is 12.6. The zero-order valence-electron chi connectivity index (χ0n) is 22.6. The molecule has 0 heterocycles. The molecule has 1 aliphatic carbocycles. The van der Waals surface area contributed by atoms with Crippen molar-refractivity contribution in [3.05, 3.63) is 85.9 Å². The molecule has 1 aliphatic rings. The smallest absolute Gasteiger partial charge is 0.326 e. The van der Waals surface area contributed by atoms with Crippen LogP contribution >= 0.6 is 58.0 Å². The number of rotatable bonds is 8. The summed E-state index contributed by atoms with van der Waals surface area (Å²) in [5, 5.41) is 4.69. The third-order valence-electron chi connectivity index (χ3n) is 6.76. The van der Waals surface area contributed by atoms with Crippen molar-refractivity contribution in [2.24, 2.45) is 5.92 Å².